The van der Waals surface area contributed by atoms with Crippen molar-refractivity contribution >= 4 is 22.9 Å². The number of aryl methyl sites for hydroxylation is 1. The van der Waals surface area contributed by atoms with Gasteiger partial charge in [0.05, 0.1) is 16.8 Å². The Labute approximate surface area is 127 Å². The second-order valence-corrected chi connectivity index (χ2v) is 6.58. The molecule has 4 nitrogen and oxygen atoms in total. The predicted octanol–water partition coefficient (Wildman–Crippen LogP) is 3.37. The molecule has 1 amide bonds. The van der Waals surface area contributed by atoms with E-state index in [4.69, 9.17) is 4.42 Å². The van der Waals surface area contributed by atoms with E-state index < -0.39 is 0 Å². The highest BCUT2D eigenvalue weighted by molar-refractivity contribution is 7.14. The van der Waals surface area contributed by atoms with Gasteiger partial charge in [0.25, 0.3) is 5.91 Å². The molecule has 0 unspecified atom stereocenters. The van der Waals surface area contributed by atoms with E-state index in [1.54, 1.807) is 29.7 Å². The zero-order valence-corrected chi connectivity index (χ0v) is 12.8. The Bertz CT molecular complexity index is 658. The van der Waals surface area contributed by atoms with Crippen LogP contribution in [0.15, 0.2) is 35.5 Å². The third kappa shape index (κ3) is 3.03. The fourth-order valence-corrected chi connectivity index (χ4v) is 3.63. The number of carbonyl (C=O) groups is 1. The van der Waals surface area contributed by atoms with Gasteiger partial charge in [0, 0.05) is 4.88 Å². The van der Waals surface area contributed by atoms with Crippen molar-refractivity contribution in [3.05, 3.63) is 52.1 Å². The van der Waals surface area contributed by atoms with Crippen molar-refractivity contribution in [3.63, 3.8) is 0 Å². The standard InChI is InChI=1S/C16H18N2O2S/c1-10-5-6-14-12(8-10)9-15(21-14)16(19)18-17-11(2)13-4-3-7-20-13/h3-4,7,9-10,17H,2,5-6,8H2,1H3,(H,18,19)/t10-/m0/s1. The van der Waals surface area contributed by atoms with Crippen LogP contribution in [0.2, 0.25) is 0 Å². The van der Waals surface area contributed by atoms with E-state index in [0.29, 0.717) is 17.4 Å². The lowest BCUT2D eigenvalue weighted by atomic mass is 9.90. The van der Waals surface area contributed by atoms with Crippen LogP contribution >= 0.6 is 11.3 Å². The summed E-state index contributed by atoms with van der Waals surface area (Å²) < 4.78 is 5.20. The molecular formula is C16H18N2O2S. The molecule has 2 aromatic heterocycles. The Kier molecular flexibility index (Phi) is 3.84. The number of hydrogen-bond donors (Lipinski definition) is 2. The molecule has 0 aromatic carbocycles. The number of carbonyl (C=O) groups excluding carboxylic acids is 1. The summed E-state index contributed by atoms with van der Waals surface area (Å²) in [4.78, 5) is 14.3. The normalized spacial score (nSPS) is 17.1. The molecule has 110 valence electrons. The maximum Gasteiger partial charge on any atom is 0.279 e. The van der Waals surface area contributed by atoms with Crippen LogP contribution in [0.1, 0.15) is 39.2 Å². The lowest BCUT2D eigenvalue weighted by molar-refractivity contribution is 0.0946. The topological polar surface area (TPSA) is 54.3 Å². The Balaban J connectivity index is 1.62. The fraction of sp³-hybridized carbons (Fsp3) is 0.312. The van der Waals surface area contributed by atoms with Crippen molar-refractivity contribution in [2.75, 3.05) is 0 Å². The second-order valence-electron chi connectivity index (χ2n) is 5.44. The van der Waals surface area contributed by atoms with Gasteiger partial charge in [-0.05, 0) is 48.9 Å². The molecule has 0 saturated carbocycles. The first-order chi connectivity index (χ1) is 10.1. The zero-order chi connectivity index (χ0) is 14.8. The molecule has 0 bridgehead atoms. The van der Waals surface area contributed by atoms with E-state index >= 15 is 0 Å². The summed E-state index contributed by atoms with van der Waals surface area (Å²) in [6.45, 7) is 6.08. The number of fused-ring (bicyclic) bond motifs is 1. The van der Waals surface area contributed by atoms with Crippen LogP contribution in [0.4, 0.5) is 0 Å². The number of thiophene rings is 1. The van der Waals surface area contributed by atoms with Crippen molar-refractivity contribution in [2.24, 2.45) is 5.92 Å². The van der Waals surface area contributed by atoms with Gasteiger partial charge in [0.15, 0.2) is 5.76 Å². The van der Waals surface area contributed by atoms with Gasteiger partial charge in [0.2, 0.25) is 0 Å². The maximum atomic E-state index is 12.2. The molecule has 0 aliphatic heterocycles. The summed E-state index contributed by atoms with van der Waals surface area (Å²) in [7, 11) is 0. The molecule has 21 heavy (non-hydrogen) atoms. The third-order valence-corrected chi connectivity index (χ3v) is 4.93. The van der Waals surface area contributed by atoms with E-state index in [9.17, 15) is 4.79 Å². The highest BCUT2D eigenvalue weighted by Crippen LogP contribution is 2.32. The van der Waals surface area contributed by atoms with Gasteiger partial charge >= 0.3 is 0 Å². The fourth-order valence-electron chi connectivity index (χ4n) is 2.52. The predicted molar refractivity (Wildman–Crippen MR) is 83.9 cm³/mol. The zero-order valence-electron chi connectivity index (χ0n) is 11.9. The van der Waals surface area contributed by atoms with Gasteiger partial charge in [0.1, 0.15) is 0 Å². The molecule has 1 aliphatic rings. The van der Waals surface area contributed by atoms with E-state index in [0.717, 1.165) is 17.7 Å². The lowest BCUT2D eigenvalue weighted by Crippen LogP contribution is -2.35. The van der Waals surface area contributed by atoms with E-state index in [-0.39, 0.29) is 5.91 Å². The van der Waals surface area contributed by atoms with E-state index in [1.165, 1.54) is 16.9 Å². The number of amides is 1. The van der Waals surface area contributed by atoms with Gasteiger partial charge in [-0.25, -0.2) is 0 Å². The molecule has 0 radical (unpaired) electrons. The number of hydrazine groups is 1. The quantitative estimate of drug-likeness (QED) is 0.851. The van der Waals surface area contributed by atoms with Crippen LogP contribution in [0.3, 0.4) is 0 Å². The molecule has 0 spiro atoms. The molecule has 0 fully saturated rings. The largest absolute Gasteiger partial charge is 0.463 e. The summed E-state index contributed by atoms with van der Waals surface area (Å²) in [5, 5.41) is 0. The maximum absolute atomic E-state index is 12.2. The summed E-state index contributed by atoms with van der Waals surface area (Å²) in [6, 6.07) is 5.58. The van der Waals surface area contributed by atoms with Crippen LogP contribution in [-0.4, -0.2) is 5.91 Å². The van der Waals surface area contributed by atoms with Crippen LogP contribution in [0, 0.1) is 5.92 Å². The van der Waals surface area contributed by atoms with Gasteiger partial charge in [-0.15, -0.1) is 11.3 Å². The molecule has 5 heteroatoms. The number of furan rings is 1. The minimum Gasteiger partial charge on any atom is -0.463 e. The summed E-state index contributed by atoms with van der Waals surface area (Å²) in [5.74, 6) is 1.18. The van der Waals surface area contributed by atoms with Crippen LogP contribution < -0.4 is 10.9 Å². The van der Waals surface area contributed by atoms with Crippen molar-refractivity contribution in [3.8, 4) is 0 Å². The first kappa shape index (κ1) is 13.9. The number of hydrogen-bond acceptors (Lipinski definition) is 4. The van der Waals surface area contributed by atoms with E-state index in [1.807, 2.05) is 6.07 Å². The highest BCUT2D eigenvalue weighted by atomic mass is 32.1. The SMILES string of the molecule is C=C(NNC(=O)c1cc2c(s1)CC[C@H](C)C2)c1ccco1. The minimum atomic E-state index is -0.130. The summed E-state index contributed by atoms with van der Waals surface area (Å²) >= 11 is 1.59. The highest BCUT2D eigenvalue weighted by Gasteiger charge is 2.20. The molecule has 3 rings (SSSR count). The lowest BCUT2D eigenvalue weighted by Gasteiger charge is -2.16. The van der Waals surface area contributed by atoms with Crippen molar-refractivity contribution in [1.29, 1.82) is 0 Å². The van der Waals surface area contributed by atoms with Crippen molar-refractivity contribution < 1.29 is 9.21 Å². The monoisotopic (exact) mass is 302 g/mol. The molecular weight excluding hydrogens is 284 g/mol. The van der Waals surface area contributed by atoms with Crippen LogP contribution in [0.25, 0.3) is 5.70 Å². The van der Waals surface area contributed by atoms with Crippen molar-refractivity contribution in [1.82, 2.24) is 10.9 Å². The molecule has 2 N–H and O–H groups in total. The molecule has 1 aliphatic carbocycles. The molecule has 2 aromatic rings. The number of rotatable bonds is 4. The third-order valence-electron chi connectivity index (χ3n) is 3.70. The van der Waals surface area contributed by atoms with Crippen LogP contribution in [0.5, 0.6) is 0 Å². The van der Waals surface area contributed by atoms with E-state index in [2.05, 4.69) is 24.4 Å². The summed E-state index contributed by atoms with van der Waals surface area (Å²) in [5.41, 5.74) is 7.32. The van der Waals surface area contributed by atoms with Gasteiger partial charge in [-0.2, -0.15) is 0 Å². The molecule has 2 heterocycles. The Hall–Kier alpha value is -2.01. The Morgan fingerprint density at radius 2 is 2.33 bits per heavy atom. The average molecular weight is 302 g/mol. The smallest absolute Gasteiger partial charge is 0.279 e. The molecule has 1 atom stereocenters. The average Bonchev–Trinajstić information content (AvgIpc) is 3.12. The first-order valence-electron chi connectivity index (χ1n) is 7.04. The molecule has 0 saturated heterocycles. The van der Waals surface area contributed by atoms with Gasteiger partial charge in [-0.1, -0.05) is 13.5 Å². The first-order valence-corrected chi connectivity index (χ1v) is 7.86. The minimum absolute atomic E-state index is 0.130. The van der Waals surface area contributed by atoms with Crippen molar-refractivity contribution in [2.45, 2.75) is 26.2 Å². The number of nitrogens with one attached hydrogen (secondary N) is 2. The summed E-state index contributed by atoms with van der Waals surface area (Å²) in [6.07, 6.45) is 4.94. The second kappa shape index (κ2) is 5.77. The van der Waals surface area contributed by atoms with Gasteiger partial charge < -0.3 is 4.42 Å². The Morgan fingerprint density at radius 1 is 1.48 bits per heavy atom. The van der Waals surface area contributed by atoms with Gasteiger partial charge in [-0.3, -0.25) is 15.6 Å². The Morgan fingerprint density at radius 3 is 3.10 bits per heavy atom. The van der Waals surface area contributed by atoms with Crippen LogP contribution in [-0.2, 0) is 12.8 Å².